The summed E-state index contributed by atoms with van der Waals surface area (Å²) in [5, 5.41) is 17.1. The van der Waals surface area contributed by atoms with Gasteiger partial charge in [0, 0.05) is 18.1 Å². The van der Waals surface area contributed by atoms with E-state index in [1.807, 2.05) is 12.1 Å². The van der Waals surface area contributed by atoms with Gasteiger partial charge < -0.3 is 9.84 Å². The van der Waals surface area contributed by atoms with Crippen LogP contribution in [0.25, 0.3) is 6.08 Å². The molecular weight excluding hydrogens is 310 g/mol. The van der Waals surface area contributed by atoms with Crippen molar-refractivity contribution in [3.63, 3.8) is 0 Å². The van der Waals surface area contributed by atoms with Crippen LogP contribution >= 0.6 is 15.9 Å². The van der Waals surface area contributed by atoms with Crippen LogP contribution in [0, 0.1) is 11.3 Å². The summed E-state index contributed by atoms with van der Waals surface area (Å²) in [7, 11) is 0. The van der Waals surface area contributed by atoms with Crippen LogP contribution in [0.5, 0.6) is 5.75 Å². The van der Waals surface area contributed by atoms with Gasteiger partial charge in [0.1, 0.15) is 5.75 Å². The SMILES string of the molecule is N#CCCCCOc1c(Br)cccc1/C=C/C(=O)O. The fourth-order valence-corrected chi connectivity index (χ4v) is 1.95. The standard InChI is InChI=1S/C14H14BrNO3/c15-12-6-4-5-11(7-8-13(17)18)14(12)19-10-3-1-2-9-16/h4-8H,1-3,10H2,(H,17,18)/b8-7+. The van der Waals surface area contributed by atoms with Gasteiger partial charge >= 0.3 is 5.97 Å². The molecule has 19 heavy (non-hydrogen) atoms. The van der Waals surface area contributed by atoms with E-state index in [9.17, 15) is 4.79 Å². The molecule has 4 nitrogen and oxygen atoms in total. The lowest BCUT2D eigenvalue weighted by atomic mass is 10.2. The third kappa shape index (κ3) is 5.58. The second-order valence-corrected chi connectivity index (χ2v) is 4.65. The second-order valence-electron chi connectivity index (χ2n) is 3.79. The third-order valence-electron chi connectivity index (χ3n) is 2.33. The molecule has 0 aliphatic rings. The highest BCUT2D eigenvalue weighted by Crippen LogP contribution is 2.30. The molecule has 5 heteroatoms. The van der Waals surface area contributed by atoms with E-state index in [4.69, 9.17) is 15.1 Å². The van der Waals surface area contributed by atoms with Crippen molar-refractivity contribution in [2.75, 3.05) is 6.61 Å². The Balaban J connectivity index is 2.70. The van der Waals surface area contributed by atoms with Crippen LogP contribution in [0.4, 0.5) is 0 Å². The Labute approximate surface area is 120 Å². The maximum absolute atomic E-state index is 10.5. The minimum absolute atomic E-state index is 0.498. The molecule has 100 valence electrons. The Bertz CT molecular complexity index is 506. The molecule has 0 saturated heterocycles. The van der Waals surface area contributed by atoms with Crippen LogP contribution in [0.1, 0.15) is 24.8 Å². The first-order valence-electron chi connectivity index (χ1n) is 5.84. The number of aliphatic carboxylic acids is 1. The number of nitriles is 1. The molecule has 0 saturated carbocycles. The zero-order chi connectivity index (χ0) is 14.1. The highest BCUT2D eigenvalue weighted by Gasteiger charge is 2.06. The minimum Gasteiger partial charge on any atom is -0.492 e. The van der Waals surface area contributed by atoms with E-state index in [1.54, 1.807) is 6.07 Å². The number of hydrogen-bond acceptors (Lipinski definition) is 3. The molecule has 0 heterocycles. The second kappa shape index (κ2) is 8.33. The predicted molar refractivity (Wildman–Crippen MR) is 75.8 cm³/mol. The molecule has 1 N–H and O–H groups in total. The summed E-state index contributed by atoms with van der Waals surface area (Å²) in [5.41, 5.74) is 0.706. The molecule has 0 aliphatic carbocycles. The average molecular weight is 324 g/mol. The van der Waals surface area contributed by atoms with Gasteiger partial charge in [-0.05, 0) is 40.9 Å². The van der Waals surface area contributed by atoms with Crippen LogP contribution in [0.15, 0.2) is 28.7 Å². The maximum atomic E-state index is 10.5. The van der Waals surface area contributed by atoms with E-state index in [0.717, 1.165) is 23.4 Å². The van der Waals surface area contributed by atoms with Crippen molar-refractivity contribution in [1.29, 1.82) is 5.26 Å². The summed E-state index contributed by atoms with van der Waals surface area (Å²) >= 11 is 3.38. The van der Waals surface area contributed by atoms with E-state index in [2.05, 4.69) is 22.0 Å². The molecule has 0 radical (unpaired) electrons. The average Bonchev–Trinajstić information content (AvgIpc) is 2.38. The van der Waals surface area contributed by atoms with E-state index >= 15 is 0 Å². The molecule has 1 rings (SSSR count). The topological polar surface area (TPSA) is 70.3 Å². The number of nitrogens with zero attached hydrogens (tertiary/aromatic N) is 1. The van der Waals surface area contributed by atoms with Gasteiger partial charge in [-0.15, -0.1) is 0 Å². The van der Waals surface area contributed by atoms with Gasteiger partial charge in [-0.2, -0.15) is 5.26 Å². The zero-order valence-electron chi connectivity index (χ0n) is 10.3. The quantitative estimate of drug-likeness (QED) is 0.614. The van der Waals surface area contributed by atoms with Gasteiger partial charge in [0.05, 0.1) is 17.1 Å². The molecular formula is C14H14BrNO3. The Morgan fingerprint density at radius 3 is 2.95 bits per heavy atom. The number of para-hydroxylation sites is 1. The fourth-order valence-electron chi connectivity index (χ4n) is 1.45. The van der Waals surface area contributed by atoms with Gasteiger partial charge in [0.25, 0.3) is 0 Å². The van der Waals surface area contributed by atoms with Crippen LogP contribution in [0.3, 0.4) is 0 Å². The molecule has 0 amide bonds. The molecule has 0 atom stereocenters. The molecule has 0 spiro atoms. The third-order valence-corrected chi connectivity index (χ3v) is 2.96. The number of hydrogen-bond donors (Lipinski definition) is 1. The Hall–Kier alpha value is -1.80. The van der Waals surface area contributed by atoms with Crippen molar-refractivity contribution in [2.45, 2.75) is 19.3 Å². The van der Waals surface area contributed by atoms with Gasteiger partial charge in [-0.3, -0.25) is 0 Å². The smallest absolute Gasteiger partial charge is 0.328 e. The van der Waals surface area contributed by atoms with Crippen LogP contribution in [0.2, 0.25) is 0 Å². The highest BCUT2D eigenvalue weighted by molar-refractivity contribution is 9.10. The molecule has 0 aliphatic heterocycles. The normalized spacial score (nSPS) is 10.3. The monoisotopic (exact) mass is 323 g/mol. The van der Waals surface area contributed by atoms with Gasteiger partial charge in [-0.1, -0.05) is 12.1 Å². The molecule has 0 bridgehead atoms. The Morgan fingerprint density at radius 2 is 2.26 bits per heavy atom. The summed E-state index contributed by atoms with van der Waals surface area (Å²) < 4.78 is 6.42. The zero-order valence-corrected chi connectivity index (χ0v) is 11.9. The number of carboxylic acids is 1. The van der Waals surface area contributed by atoms with Crippen LogP contribution < -0.4 is 4.74 Å². The number of unbranched alkanes of at least 4 members (excludes halogenated alkanes) is 2. The molecule has 0 fully saturated rings. The predicted octanol–water partition coefficient (Wildman–Crippen LogP) is 3.62. The summed E-state index contributed by atoms with van der Waals surface area (Å²) in [5.74, 6) is -0.378. The molecule has 0 aromatic heterocycles. The van der Waals surface area contributed by atoms with Crippen LogP contribution in [-0.2, 0) is 4.79 Å². The number of ether oxygens (including phenoxy) is 1. The van der Waals surface area contributed by atoms with Crippen molar-refractivity contribution in [3.05, 3.63) is 34.3 Å². The maximum Gasteiger partial charge on any atom is 0.328 e. The van der Waals surface area contributed by atoms with Crippen molar-refractivity contribution in [1.82, 2.24) is 0 Å². The molecule has 1 aromatic rings. The highest BCUT2D eigenvalue weighted by atomic mass is 79.9. The fraction of sp³-hybridized carbons (Fsp3) is 0.286. The van der Waals surface area contributed by atoms with Crippen molar-refractivity contribution in [2.24, 2.45) is 0 Å². The van der Waals surface area contributed by atoms with Crippen molar-refractivity contribution < 1.29 is 14.6 Å². The lowest BCUT2D eigenvalue weighted by Crippen LogP contribution is -1.99. The minimum atomic E-state index is -1.00. The number of halogens is 1. The van der Waals surface area contributed by atoms with Gasteiger partial charge in [0.2, 0.25) is 0 Å². The first-order chi connectivity index (χ1) is 9.15. The molecule has 0 unspecified atom stereocenters. The van der Waals surface area contributed by atoms with Gasteiger partial charge in [0.15, 0.2) is 0 Å². The summed E-state index contributed by atoms with van der Waals surface area (Å²) in [4.78, 5) is 10.5. The number of rotatable bonds is 7. The summed E-state index contributed by atoms with van der Waals surface area (Å²) in [6.07, 6.45) is 4.67. The molecule has 1 aromatic carbocycles. The lowest BCUT2D eigenvalue weighted by molar-refractivity contribution is -0.131. The number of carbonyl (C=O) groups is 1. The van der Waals surface area contributed by atoms with Crippen LogP contribution in [-0.4, -0.2) is 17.7 Å². The van der Waals surface area contributed by atoms with E-state index in [1.165, 1.54) is 6.08 Å². The Morgan fingerprint density at radius 1 is 1.47 bits per heavy atom. The lowest BCUT2D eigenvalue weighted by Gasteiger charge is -2.10. The van der Waals surface area contributed by atoms with Crippen molar-refractivity contribution >= 4 is 28.0 Å². The first-order valence-corrected chi connectivity index (χ1v) is 6.63. The Kier molecular flexibility index (Phi) is 6.69. The van der Waals surface area contributed by atoms with Gasteiger partial charge in [-0.25, -0.2) is 4.79 Å². The van der Waals surface area contributed by atoms with E-state index in [0.29, 0.717) is 24.3 Å². The first kappa shape index (κ1) is 15.3. The van der Waals surface area contributed by atoms with E-state index in [-0.39, 0.29) is 0 Å². The summed E-state index contributed by atoms with van der Waals surface area (Å²) in [6, 6.07) is 7.52. The number of carboxylic acid groups (broad SMARTS) is 1. The van der Waals surface area contributed by atoms with E-state index < -0.39 is 5.97 Å². The summed E-state index contributed by atoms with van der Waals surface area (Å²) in [6.45, 7) is 0.498. The van der Waals surface area contributed by atoms with Crippen molar-refractivity contribution in [3.8, 4) is 11.8 Å². The largest absolute Gasteiger partial charge is 0.492 e. The number of benzene rings is 1.